The van der Waals surface area contributed by atoms with Gasteiger partial charge < -0.3 is 15.6 Å². The average Bonchev–Trinajstić information content (AvgIpc) is 2.64. The Bertz CT molecular complexity index is 849. The van der Waals surface area contributed by atoms with Crippen LogP contribution in [0.3, 0.4) is 0 Å². The Labute approximate surface area is 171 Å². The van der Waals surface area contributed by atoms with Gasteiger partial charge in [-0.05, 0) is 68.5 Å². The van der Waals surface area contributed by atoms with Crippen molar-refractivity contribution in [3.05, 3.63) is 69.8 Å². The minimum Gasteiger partial charge on any atom is -0.496 e. The molecule has 0 aliphatic rings. The molecule has 0 heterocycles. The lowest BCUT2D eigenvalue weighted by Crippen LogP contribution is -2.25. The normalized spacial score (nSPS) is 12.0. The SMILES string of the molecule is COc1cc(C)c(/C=C/C(C)=C/C=C/C(C)=C/C(=O)O)c(C)c1C.NC(=O)NO. The number of rotatable bonds is 6. The van der Waals surface area contributed by atoms with Crippen molar-refractivity contribution in [2.75, 3.05) is 7.11 Å². The summed E-state index contributed by atoms with van der Waals surface area (Å²) in [7, 11) is 1.69. The number of hydrogen-bond donors (Lipinski definition) is 4. The van der Waals surface area contributed by atoms with Crippen LogP contribution >= 0.6 is 0 Å². The van der Waals surface area contributed by atoms with E-state index in [9.17, 15) is 9.59 Å². The number of primary amides is 1. The minimum atomic E-state index is -0.940. The number of nitrogens with two attached hydrogens (primary N) is 1. The van der Waals surface area contributed by atoms with Crippen LogP contribution in [0.1, 0.15) is 36.1 Å². The van der Waals surface area contributed by atoms with Gasteiger partial charge in [-0.15, -0.1) is 0 Å². The van der Waals surface area contributed by atoms with Crippen molar-refractivity contribution in [1.82, 2.24) is 5.48 Å². The summed E-state index contributed by atoms with van der Waals surface area (Å²) >= 11 is 0. The number of methoxy groups -OCH3 is 1. The summed E-state index contributed by atoms with van der Waals surface area (Å²) in [4.78, 5) is 19.8. The summed E-state index contributed by atoms with van der Waals surface area (Å²) in [5.74, 6) is -0.0170. The lowest BCUT2D eigenvalue weighted by Gasteiger charge is -2.13. The molecular formula is C22H30N2O5. The van der Waals surface area contributed by atoms with E-state index in [-0.39, 0.29) is 0 Å². The van der Waals surface area contributed by atoms with Crippen LogP contribution in [-0.2, 0) is 4.79 Å². The van der Waals surface area contributed by atoms with E-state index >= 15 is 0 Å². The third-order valence-electron chi connectivity index (χ3n) is 4.02. The number of benzene rings is 1. The Morgan fingerprint density at radius 1 is 1.10 bits per heavy atom. The van der Waals surface area contributed by atoms with Gasteiger partial charge in [-0.25, -0.2) is 15.1 Å². The molecule has 158 valence electrons. The molecule has 1 rings (SSSR count). The highest BCUT2D eigenvalue weighted by molar-refractivity contribution is 5.81. The maximum atomic E-state index is 10.6. The molecule has 0 unspecified atom stereocenters. The molecule has 0 fully saturated rings. The molecule has 0 aliphatic heterocycles. The molecule has 7 heteroatoms. The number of hydrogen-bond acceptors (Lipinski definition) is 4. The fourth-order valence-electron chi connectivity index (χ4n) is 2.40. The minimum absolute atomic E-state index is 0.702. The second-order valence-electron chi connectivity index (χ2n) is 6.37. The molecule has 29 heavy (non-hydrogen) atoms. The first-order valence-electron chi connectivity index (χ1n) is 8.82. The number of carbonyl (C=O) groups excluding carboxylic acids is 1. The molecule has 0 bridgehead atoms. The van der Waals surface area contributed by atoms with Crippen LogP contribution in [-0.4, -0.2) is 29.4 Å². The monoisotopic (exact) mass is 402 g/mol. The summed E-state index contributed by atoms with van der Waals surface area (Å²) in [6.07, 6.45) is 10.9. The summed E-state index contributed by atoms with van der Waals surface area (Å²) in [6, 6.07) is 1.12. The smallest absolute Gasteiger partial charge is 0.335 e. The Hall–Kier alpha value is -3.32. The molecule has 1 aromatic carbocycles. The predicted molar refractivity (Wildman–Crippen MR) is 115 cm³/mol. The Morgan fingerprint density at radius 3 is 2.17 bits per heavy atom. The first-order chi connectivity index (χ1) is 13.5. The van der Waals surface area contributed by atoms with E-state index in [1.54, 1.807) is 20.1 Å². The molecule has 2 amide bonds. The van der Waals surface area contributed by atoms with Crippen LogP contribution in [0.4, 0.5) is 4.79 Å². The molecule has 0 saturated carbocycles. The van der Waals surface area contributed by atoms with E-state index in [0.29, 0.717) is 5.57 Å². The molecule has 7 nitrogen and oxygen atoms in total. The molecule has 0 spiro atoms. The lowest BCUT2D eigenvalue weighted by molar-refractivity contribution is -0.131. The number of ether oxygens (including phenoxy) is 1. The molecular weight excluding hydrogens is 372 g/mol. The highest BCUT2D eigenvalue weighted by Gasteiger charge is 2.08. The van der Waals surface area contributed by atoms with Gasteiger partial charge in [0.15, 0.2) is 0 Å². The summed E-state index contributed by atoms with van der Waals surface area (Å²) in [5, 5.41) is 16.1. The van der Waals surface area contributed by atoms with Crippen molar-refractivity contribution in [2.24, 2.45) is 5.73 Å². The van der Waals surface area contributed by atoms with E-state index < -0.39 is 12.0 Å². The van der Waals surface area contributed by atoms with Gasteiger partial charge in [-0.3, -0.25) is 5.21 Å². The van der Waals surface area contributed by atoms with Crippen molar-refractivity contribution in [3.8, 4) is 5.75 Å². The topological polar surface area (TPSA) is 122 Å². The van der Waals surface area contributed by atoms with Crippen molar-refractivity contribution in [3.63, 3.8) is 0 Å². The van der Waals surface area contributed by atoms with Gasteiger partial charge in [0, 0.05) is 6.08 Å². The number of nitrogens with one attached hydrogen (secondary N) is 1. The van der Waals surface area contributed by atoms with Gasteiger partial charge in [-0.2, -0.15) is 0 Å². The van der Waals surface area contributed by atoms with Crippen molar-refractivity contribution in [1.29, 1.82) is 0 Å². The lowest BCUT2D eigenvalue weighted by atomic mass is 9.96. The molecule has 0 aromatic heterocycles. The first-order valence-corrected chi connectivity index (χ1v) is 8.82. The molecule has 5 N–H and O–H groups in total. The van der Waals surface area contributed by atoms with Crippen molar-refractivity contribution < 1.29 is 24.6 Å². The largest absolute Gasteiger partial charge is 0.496 e. The van der Waals surface area contributed by atoms with Gasteiger partial charge in [-0.1, -0.05) is 36.0 Å². The highest BCUT2D eigenvalue weighted by atomic mass is 16.5. The Morgan fingerprint density at radius 2 is 1.69 bits per heavy atom. The second-order valence-corrected chi connectivity index (χ2v) is 6.37. The number of aliphatic carboxylic acids is 1. The molecule has 1 aromatic rings. The number of amides is 2. The standard InChI is InChI=1S/C21H26O3.CH4N2O2/c1-14(8-7-9-15(2)12-21(22)23)10-11-19-16(3)13-20(24-6)18(5)17(19)4;2-1(4)3-5/h7-13H,1-6H3,(H,22,23);5H,(H3,2,3,4)/b9-7+,11-10+,14-8+,15-12+;. The number of carboxylic acids is 1. The van der Waals surface area contributed by atoms with E-state index in [2.05, 4.69) is 44.7 Å². The van der Waals surface area contributed by atoms with E-state index in [1.807, 2.05) is 19.1 Å². The summed E-state index contributed by atoms with van der Waals surface area (Å²) in [5.41, 5.74) is 12.0. The van der Waals surface area contributed by atoms with Gasteiger partial charge in [0.1, 0.15) is 5.75 Å². The van der Waals surface area contributed by atoms with E-state index in [4.69, 9.17) is 15.1 Å². The number of urea groups is 1. The number of carboxylic acid groups (broad SMARTS) is 1. The van der Waals surface area contributed by atoms with Crippen molar-refractivity contribution in [2.45, 2.75) is 34.6 Å². The molecule has 0 radical (unpaired) electrons. The molecule has 0 atom stereocenters. The molecule has 0 saturated heterocycles. The zero-order valence-corrected chi connectivity index (χ0v) is 17.7. The van der Waals surface area contributed by atoms with Crippen LogP contribution in [0.25, 0.3) is 6.08 Å². The van der Waals surface area contributed by atoms with Gasteiger partial charge >= 0.3 is 12.0 Å². The zero-order valence-electron chi connectivity index (χ0n) is 17.7. The van der Waals surface area contributed by atoms with Crippen LogP contribution in [0.2, 0.25) is 0 Å². The quantitative estimate of drug-likeness (QED) is 0.246. The number of carbonyl (C=O) groups is 2. The third-order valence-corrected chi connectivity index (χ3v) is 4.02. The predicted octanol–water partition coefficient (Wildman–Crippen LogP) is 4.21. The summed E-state index contributed by atoms with van der Waals surface area (Å²) < 4.78 is 5.40. The fourth-order valence-corrected chi connectivity index (χ4v) is 2.40. The van der Waals surface area contributed by atoms with E-state index in [1.165, 1.54) is 28.2 Å². The maximum Gasteiger partial charge on any atom is 0.335 e. The zero-order chi connectivity index (χ0) is 22.6. The first kappa shape index (κ1) is 25.7. The van der Waals surface area contributed by atoms with Gasteiger partial charge in [0.05, 0.1) is 7.11 Å². The molecule has 0 aliphatic carbocycles. The second kappa shape index (κ2) is 13.0. The highest BCUT2D eigenvalue weighted by Crippen LogP contribution is 2.28. The van der Waals surface area contributed by atoms with Gasteiger partial charge in [0.2, 0.25) is 0 Å². The fraction of sp³-hybridized carbons (Fsp3) is 0.273. The van der Waals surface area contributed by atoms with Crippen LogP contribution in [0, 0.1) is 20.8 Å². The Balaban J connectivity index is 0.00000139. The number of aryl methyl sites for hydroxylation is 1. The third kappa shape index (κ3) is 9.97. The number of allylic oxidation sites excluding steroid dienone is 6. The average molecular weight is 402 g/mol. The summed E-state index contributed by atoms with van der Waals surface area (Å²) in [6.45, 7) is 10.0. The van der Waals surface area contributed by atoms with E-state index in [0.717, 1.165) is 16.9 Å². The van der Waals surface area contributed by atoms with Gasteiger partial charge in [0.25, 0.3) is 0 Å². The van der Waals surface area contributed by atoms with Crippen LogP contribution in [0.5, 0.6) is 5.75 Å². The van der Waals surface area contributed by atoms with Crippen LogP contribution < -0.4 is 16.0 Å². The number of hydroxylamine groups is 1. The van der Waals surface area contributed by atoms with Crippen LogP contribution in [0.15, 0.2) is 47.6 Å². The Kier molecular flexibility index (Phi) is 11.5. The van der Waals surface area contributed by atoms with Crippen molar-refractivity contribution >= 4 is 18.1 Å². The maximum absolute atomic E-state index is 10.6.